The molecule has 0 bridgehead atoms. The maximum Gasteiger partial charge on any atom is 0.244 e. The van der Waals surface area contributed by atoms with Crippen molar-refractivity contribution in [3.63, 3.8) is 0 Å². The SMILES string of the molecule is CCc1noc(C(C)N2CCN(S(=O)(=O)c3cc(C)sc3C)CC2)n1. The van der Waals surface area contributed by atoms with Crippen LogP contribution in [0, 0.1) is 13.8 Å². The molecular weight excluding hydrogens is 360 g/mol. The van der Waals surface area contributed by atoms with Crippen LogP contribution < -0.4 is 0 Å². The van der Waals surface area contributed by atoms with Crippen LogP contribution in [0.1, 0.15) is 41.4 Å². The first-order valence-electron chi connectivity index (χ1n) is 8.46. The molecule has 0 aromatic carbocycles. The second kappa shape index (κ2) is 7.14. The zero-order chi connectivity index (χ0) is 18.2. The van der Waals surface area contributed by atoms with Gasteiger partial charge in [-0.1, -0.05) is 12.1 Å². The van der Waals surface area contributed by atoms with Crippen LogP contribution in [-0.4, -0.2) is 53.9 Å². The molecule has 0 aliphatic carbocycles. The number of sulfonamides is 1. The summed E-state index contributed by atoms with van der Waals surface area (Å²) in [5.74, 6) is 1.30. The van der Waals surface area contributed by atoms with E-state index in [1.54, 1.807) is 10.4 Å². The summed E-state index contributed by atoms with van der Waals surface area (Å²) in [4.78, 5) is 8.89. The van der Waals surface area contributed by atoms with Crippen molar-refractivity contribution >= 4 is 21.4 Å². The van der Waals surface area contributed by atoms with E-state index < -0.39 is 10.0 Å². The summed E-state index contributed by atoms with van der Waals surface area (Å²) in [5, 5.41) is 3.94. The smallest absolute Gasteiger partial charge is 0.244 e. The van der Waals surface area contributed by atoms with Crippen LogP contribution in [0.2, 0.25) is 0 Å². The van der Waals surface area contributed by atoms with Crippen LogP contribution in [0.25, 0.3) is 0 Å². The van der Waals surface area contributed by atoms with Crippen LogP contribution in [0.4, 0.5) is 0 Å². The Labute approximate surface area is 152 Å². The third kappa shape index (κ3) is 3.64. The standard InChI is InChI=1S/C16H24N4O3S2/c1-5-15-17-16(23-18-15)12(3)19-6-8-20(9-7-19)25(21,22)14-10-11(2)24-13(14)4/h10,12H,5-9H2,1-4H3. The average molecular weight is 385 g/mol. The van der Waals surface area contributed by atoms with Gasteiger partial charge in [0.1, 0.15) is 0 Å². The maximum atomic E-state index is 12.9. The van der Waals surface area contributed by atoms with Crippen molar-refractivity contribution in [2.24, 2.45) is 0 Å². The Bertz CT molecular complexity index is 835. The van der Waals surface area contributed by atoms with E-state index in [2.05, 4.69) is 15.0 Å². The molecule has 7 nitrogen and oxygen atoms in total. The van der Waals surface area contributed by atoms with Gasteiger partial charge in [-0.2, -0.15) is 9.29 Å². The highest BCUT2D eigenvalue weighted by Crippen LogP contribution is 2.29. The molecule has 0 spiro atoms. The minimum Gasteiger partial charge on any atom is -0.338 e. The molecule has 0 saturated carbocycles. The van der Waals surface area contributed by atoms with E-state index >= 15 is 0 Å². The van der Waals surface area contributed by atoms with Gasteiger partial charge in [-0.3, -0.25) is 4.90 Å². The van der Waals surface area contributed by atoms with Gasteiger partial charge in [0.25, 0.3) is 0 Å². The molecule has 1 atom stereocenters. The monoisotopic (exact) mass is 384 g/mol. The molecule has 0 amide bonds. The lowest BCUT2D eigenvalue weighted by Gasteiger charge is -2.36. The molecule has 1 fully saturated rings. The molecule has 1 saturated heterocycles. The molecule has 9 heteroatoms. The second-order valence-corrected chi connectivity index (χ2v) is 9.66. The normalized spacial score (nSPS) is 18.6. The number of aryl methyl sites for hydroxylation is 3. The van der Waals surface area contributed by atoms with Gasteiger partial charge in [0.2, 0.25) is 15.9 Å². The highest BCUT2D eigenvalue weighted by atomic mass is 32.2. The van der Waals surface area contributed by atoms with Crippen LogP contribution >= 0.6 is 11.3 Å². The van der Waals surface area contributed by atoms with Gasteiger partial charge in [-0.15, -0.1) is 11.3 Å². The Hall–Kier alpha value is -1.29. The predicted octanol–water partition coefficient (Wildman–Crippen LogP) is 2.38. The van der Waals surface area contributed by atoms with E-state index in [0.717, 1.165) is 16.2 Å². The predicted molar refractivity (Wildman–Crippen MR) is 96.2 cm³/mol. The number of hydrogen-bond donors (Lipinski definition) is 0. The lowest BCUT2D eigenvalue weighted by molar-refractivity contribution is 0.124. The number of thiophene rings is 1. The summed E-state index contributed by atoms with van der Waals surface area (Å²) < 4.78 is 32.7. The maximum absolute atomic E-state index is 12.9. The molecule has 1 aliphatic heterocycles. The molecule has 138 valence electrons. The third-order valence-electron chi connectivity index (χ3n) is 4.59. The number of piperazine rings is 1. The zero-order valence-corrected chi connectivity index (χ0v) is 16.7. The summed E-state index contributed by atoms with van der Waals surface area (Å²) in [5.41, 5.74) is 0. The average Bonchev–Trinajstić information content (AvgIpc) is 3.20. The summed E-state index contributed by atoms with van der Waals surface area (Å²) >= 11 is 1.52. The summed E-state index contributed by atoms with van der Waals surface area (Å²) in [6.45, 7) is 10.0. The van der Waals surface area contributed by atoms with Crippen molar-refractivity contribution < 1.29 is 12.9 Å². The minimum atomic E-state index is -3.42. The molecule has 0 N–H and O–H groups in total. The van der Waals surface area contributed by atoms with E-state index in [9.17, 15) is 8.42 Å². The van der Waals surface area contributed by atoms with Crippen molar-refractivity contribution in [3.05, 3.63) is 27.5 Å². The first kappa shape index (κ1) is 18.5. The van der Waals surface area contributed by atoms with Gasteiger partial charge in [0, 0.05) is 42.4 Å². The fraction of sp³-hybridized carbons (Fsp3) is 0.625. The fourth-order valence-electron chi connectivity index (χ4n) is 3.07. The van der Waals surface area contributed by atoms with Gasteiger partial charge in [-0.05, 0) is 26.8 Å². The van der Waals surface area contributed by atoms with E-state index in [1.165, 1.54) is 11.3 Å². The van der Waals surface area contributed by atoms with E-state index in [-0.39, 0.29) is 6.04 Å². The molecule has 0 radical (unpaired) electrons. The molecule has 2 aromatic rings. The molecule has 25 heavy (non-hydrogen) atoms. The lowest BCUT2D eigenvalue weighted by Crippen LogP contribution is -2.49. The largest absolute Gasteiger partial charge is 0.338 e. The second-order valence-electron chi connectivity index (χ2n) is 6.30. The minimum absolute atomic E-state index is 0.0113. The summed E-state index contributed by atoms with van der Waals surface area (Å²) in [7, 11) is -3.42. The highest BCUT2D eigenvalue weighted by molar-refractivity contribution is 7.89. The van der Waals surface area contributed by atoms with E-state index in [4.69, 9.17) is 4.52 Å². The summed E-state index contributed by atoms with van der Waals surface area (Å²) in [6.07, 6.45) is 0.738. The Morgan fingerprint density at radius 3 is 2.48 bits per heavy atom. The van der Waals surface area contributed by atoms with Crippen LogP contribution in [0.5, 0.6) is 0 Å². The quantitative estimate of drug-likeness (QED) is 0.787. The highest BCUT2D eigenvalue weighted by Gasteiger charge is 2.33. The van der Waals surface area contributed by atoms with Crippen molar-refractivity contribution in [3.8, 4) is 0 Å². The van der Waals surface area contributed by atoms with Gasteiger partial charge < -0.3 is 4.52 Å². The zero-order valence-electron chi connectivity index (χ0n) is 15.0. The van der Waals surface area contributed by atoms with Gasteiger partial charge in [0.15, 0.2) is 5.82 Å². The molecular formula is C16H24N4O3S2. The van der Waals surface area contributed by atoms with Crippen molar-refractivity contribution in [2.45, 2.75) is 45.1 Å². The van der Waals surface area contributed by atoms with Crippen LogP contribution in [0.15, 0.2) is 15.5 Å². The molecule has 1 aliphatic rings. The fourth-order valence-corrected chi connectivity index (χ4v) is 6.02. The van der Waals surface area contributed by atoms with Crippen molar-refractivity contribution in [2.75, 3.05) is 26.2 Å². The van der Waals surface area contributed by atoms with Gasteiger partial charge >= 0.3 is 0 Å². The van der Waals surface area contributed by atoms with E-state index in [0.29, 0.717) is 42.8 Å². The summed E-state index contributed by atoms with van der Waals surface area (Å²) in [6, 6.07) is 1.76. The Morgan fingerprint density at radius 1 is 1.28 bits per heavy atom. The molecule has 3 heterocycles. The van der Waals surface area contributed by atoms with Crippen LogP contribution in [-0.2, 0) is 16.4 Å². The third-order valence-corrected chi connectivity index (χ3v) is 7.71. The topological polar surface area (TPSA) is 79.5 Å². The number of aromatic nitrogens is 2. The number of hydrogen-bond acceptors (Lipinski definition) is 7. The van der Waals surface area contributed by atoms with Crippen molar-refractivity contribution in [1.29, 1.82) is 0 Å². The Kier molecular flexibility index (Phi) is 5.29. The molecule has 1 unspecified atom stereocenters. The van der Waals surface area contributed by atoms with Gasteiger partial charge in [0.05, 0.1) is 10.9 Å². The Morgan fingerprint density at radius 2 is 1.96 bits per heavy atom. The van der Waals surface area contributed by atoms with Gasteiger partial charge in [-0.25, -0.2) is 8.42 Å². The van der Waals surface area contributed by atoms with Crippen molar-refractivity contribution in [1.82, 2.24) is 19.3 Å². The molecule has 2 aromatic heterocycles. The molecule has 3 rings (SSSR count). The van der Waals surface area contributed by atoms with Crippen LogP contribution in [0.3, 0.4) is 0 Å². The first-order chi connectivity index (χ1) is 11.8. The Balaban J connectivity index is 1.68. The lowest BCUT2D eigenvalue weighted by atomic mass is 10.2. The number of rotatable bonds is 5. The van der Waals surface area contributed by atoms with E-state index in [1.807, 2.05) is 27.7 Å². The first-order valence-corrected chi connectivity index (χ1v) is 10.7. The number of nitrogens with zero attached hydrogens (tertiary/aromatic N) is 4.